The van der Waals surface area contributed by atoms with Gasteiger partial charge in [0.1, 0.15) is 5.75 Å². The van der Waals surface area contributed by atoms with Crippen molar-refractivity contribution in [2.75, 3.05) is 7.11 Å². The Morgan fingerprint density at radius 3 is 1.33 bits per heavy atom. The molecule has 0 fully saturated rings. The van der Waals surface area contributed by atoms with E-state index in [0.29, 0.717) is 6.07 Å². The standard InChI is InChI=1S/C17H11Cl3F6O9S4/c1-8-5-11(16(23,24)38(19,31)32)14(12(6-8)17(25,26)39(20,33)34)36(27,28)13-4-3-9(35-2)7-10(13)15(21,22)37(18,29)30/h3-7H,1-2H3. The Labute approximate surface area is 230 Å². The van der Waals surface area contributed by atoms with Crippen molar-refractivity contribution in [3.05, 3.63) is 52.6 Å². The third-order valence-corrected chi connectivity index (χ3v) is 11.0. The highest BCUT2D eigenvalue weighted by atomic mass is 35.7. The van der Waals surface area contributed by atoms with E-state index in [-0.39, 0.29) is 24.3 Å². The fourth-order valence-corrected chi connectivity index (χ4v) is 7.21. The molecule has 0 radical (unpaired) electrons. The summed E-state index contributed by atoms with van der Waals surface area (Å²) >= 11 is 0. The average molecular weight is 708 g/mol. The molecule has 0 unspecified atom stereocenters. The van der Waals surface area contributed by atoms with E-state index >= 15 is 0 Å². The van der Waals surface area contributed by atoms with Crippen molar-refractivity contribution < 1.29 is 64.8 Å². The first-order valence-electron chi connectivity index (χ1n) is 9.21. The molecule has 39 heavy (non-hydrogen) atoms. The van der Waals surface area contributed by atoms with Crippen LogP contribution in [0.2, 0.25) is 0 Å². The monoisotopic (exact) mass is 706 g/mol. The number of hydrogen-bond donors (Lipinski definition) is 0. The van der Waals surface area contributed by atoms with Crippen LogP contribution in [0.4, 0.5) is 26.3 Å². The Morgan fingerprint density at radius 1 is 0.641 bits per heavy atom. The van der Waals surface area contributed by atoms with Crippen LogP contribution in [-0.4, -0.2) is 40.8 Å². The molecular weight excluding hydrogens is 697 g/mol. The maximum atomic E-state index is 15.0. The van der Waals surface area contributed by atoms with Crippen molar-refractivity contribution in [1.29, 1.82) is 0 Å². The zero-order chi connectivity index (χ0) is 30.8. The fourth-order valence-electron chi connectivity index (χ4n) is 3.10. The molecule has 0 saturated carbocycles. The largest absolute Gasteiger partial charge is 0.497 e. The molecule has 0 atom stereocenters. The average Bonchev–Trinajstić information content (AvgIpc) is 2.75. The lowest BCUT2D eigenvalue weighted by Crippen LogP contribution is -2.31. The summed E-state index contributed by atoms with van der Waals surface area (Å²) in [6.07, 6.45) is 0. The Kier molecular flexibility index (Phi) is 8.72. The zero-order valence-corrected chi connectivity index (χ0v) is 24.1. The summed E-state index contributed by atoms with van der Waals surface area (Å²) in [5, 5.41) is -16.5. The van der Waals surface area contributed by atoms with Crippen LogP contribution in [0.15, 0.2) is 40.1 Å². The predicted molar refractivity (Wildman–Crippen MR) is 126 cm³/mol. The number of halogens is 9. The molecule has 22 heteroatoms. The molecular formula is C17H11Cl3F6O9S4. The van der Waals surface area contributed by atoms with E-state index in [0.717, 1.165) is 14.0 Å². The van der Waals surface area contributed by atoms with Crippen LogP contribution in [0.1, 0.15) is 22.3 Å². The fraction of sp³-hybridized carbons (Fsp3) is 0.294. The highest BCUT2D eigenvalue weighted by Gasteiger charge is 2.57. The number of rotatable bonds is 9. The van der Waals surface area contributed by atoms with Gasteiger partial charge < -0.3 is 4.74 Å². The number of aryl methyl sites for hydroxylation is 1. The van der Waals surface area contributed by atoms with Crippen LogP contribution >= 0.6 is 32.0 Å². The molecule has 0 aliphatic rings. The normalized spacial score (nSPS) is 14.3. The molecule has 0 amide bonds. The molecule has 0 bridgehead atoms. The van der Waals surface area contributed by atoms with Gasteiger partial charge in [0.05, 0.1) is 33.6 Å². The van der Waals surface area contributed by atoms with Gasteiger partial charge in [0.2, 0.25) is 9.84 Å². The molecule has 9 nitrogen and oxygen atoms in total. The first kappa shape index (κ1) is 33.7. The maximum Gasteiger partial charge on any atom is 0.386 e. The van der Waals surface area contributed by atoms with Crippen molar-refractivity contribution in [3.8, 4) is 5.75 Å². The summed E-state index contributed by atoms with van der Waals surface area (Å²) in [5.41, 5.74) is -7.71. The topological polar surface area (TPSA) is 146 Å². The van der Waals surface area contributed by atoms with Gasteiger partial charge in [-0.05, 0) is 42.8 Å². The molecule has 0 aliphatic carbocycles. The number of benzene rings is 2. The van der Waals surface area contributed by atoms with Crippen LogP contribution in [0.25, 0.3) is 0 Å². The SMILES string of the molecule is COc1ccc(S(=O)(=O)c2c(C(F)(F)S(=O)(=O)Cl)cc(C)cc2C(F)(F)S(=O)(=O)Cl)c(C(F)(F)S(=O)(=O)Cl)c1. The molecule has 2 rings (SSSR count). The number of alkyl halides is 6. The van der Waals surface area contributed by atoms with Gasteiger partial charge >= 0.3 is 42.9 Å². The Balaban J connectivity index is 3.35. The summed E-state index contributed by atoms with van der Waals surface area (Å²) in [6, 6.07) is 0.689. The second-order valence-electron chi connectivity index (χ2n) is 7.42. The molecule has 2 aromatic rings. The van der Waals surface area contributed by atoms with Gasteiger partial charge in [-0.3, -0.25) is 0 Å². The summed E-state index contributed by atoms with van der Waals surface area (Å²) in [5.74, 6) is -0.671. The predicted octanol–water partition coefficient (Wildman–Crippen LogP) is 4.69. The highest BCUT2D eigenvalue weighted by Crippen LogP contribution is 2.50. The minimum atomic E-state index is -6.37. The van der Waals surface area contributed by atoms with Crippen LogP contribution in [0.5, 0.6) is 5.75 Å². The van der Waals surface area contributed by atoms with Gasteiger partial charge in [0, 0.05) is 32.0 Å². The number of ether oxygens (including phenoxy) is 1. The number of hydrogen-bond acceptors (Lipinski definition) is 9. The molecule has 220 valence electrons. The molecule has 0 N–H and O–H groups in total. The van der Waals surface area contributed by atoms with Gasteiger partial charge in [0.25, 0.3) is 0 Å². The summed E-state index contributed by atoms with van der Waals surface area (Å²) in [4.78, 5) is -4.53. The Bertz CT molecular complexity index is 1710. The van der Waals surface area contributed by atoms with Gasteiger partial charge in [-0.2, -0.15) is 26.3 Å². The second-order valence-corrected chi connectivity index (χ2v) is 17.1. The molecule has 0 heterocycles. The van der Waals surface area contributed by atoms with Crippen LogP contribution in [-0.2, 0) is 52.8 Å². The number of sulfone groups is 1. The molecule has 2 aromatic carbocycles. The van der Waals surface area contributed by atoms with E-state index in [4.69, 9.17) is 32.0 Å². The van der Waals surface area contributed by atoms with Gasteiger partial charge in [-0.25, -0.2) is 33.7 Å². The van der Waals surface area contributed by atoms with Crippen LogP contribution in [0.3, 0.4) is 0 Å². The van der Waals surface area contributed by atoms with Gasteiger partial charge in [0.15, 0.2) is 0 Å². The van der Waals surface area contributed by atoms with E-state index in [1.165, 1.54) is 0 Å². The van der Waals surface area contributed by atoms with E-state index in [9.17, 15) is 60.0 Å². The minimum Gasteiger partial charge on any atom is -0.497 e. The summed E-state index contributed by atoms with van der Waals surface area (Å²) in [6.45, 7) is 0.726. The Hall–Kier alpha value is -1.51. The third-order valence-electron chi connectivity index (χ3n) is 4.84. The lowest BCUT2D eigenvalue weighted by atomic mass is 10.1. The van der Waals surface area contributed by atoms with E-state index in [1.54, 1.807) is 0 Å². The van der Waals surface area contributed by atoms with Crippen molar-refractivity contribution in [2.45, 2.75) is 32.5 Å². The molecule has 0 aliphatic heterocycles. The van der Waals surface area contributed by atoms with E-state index in [2.05, 4.69) is 4.74 Å². The number of methoxy groups -OCH3 is 1. The smallest absolute Gasteiger partial charge is 0.386 e. The zero-order valence-electron chi connectivity index (χ0n) is 18.6. The summed E-state index contributed by atoms with van der Waals surface area (Å²) in [7, 11) is -9.98. The highest BCUT2D eigenvalue weighted by molar-refractivity contribution is 8.14. The minimum absolute atomic E-state index is 0.00707. The van der Waals surface area contributed by atoms with Crippen molar-refractivity contribution in [3.63, 3.8) is 0 Å². The molecule has 0 saturated heterocycles. The summed E-state index contributed by atoms with van der Waals surface area (Å²) < 4.78 is 191. The van der Waals surface area contributed by atoms with Crippen LogP contribution < -0.4 is 4.74 Å². The van der Waals surface area contributed by atoms with Crippen molar-refractivity contribution >= 4 is 69.0 Å². The van der Waals surface area contributed by atoms with E-state index in [1.807, 2.05) is 0 Å². The third kappa shape index (κ3) is 5.80. The molecule has 0 spiro atoms. The Morgan fingerprint density at radius 2 is 1.00 bits per heavy atom. The van der Waals surface area contributed by atoms with Gasteiger partial charge in [-0.15, -0.1) is 0 Å². The first-order chi connectivity index (χ1) is 17.2. The molecule has 0 aromatic heterocycles. The maximum absolute atomic E-state index is 15.0. The van der Waals surface area contributed by atoms with Gasteiger partial charge in [-0.1, -0.05) is 0 Å². The quantitative estimate of drug-likeness (QED) is 0.268. The lowest BCUT2D eigenvalue weighted by molar-refractivity contribution is 0.0797. The second kappa shape index (κ2) is 10.1. The van der Waals surface area contributed by atoms with Crippen LogP contribution in [0, 0.1) is 6.92 Å². The van der Waals surface area contributed by atoms with E-state index < -0.39 is 90.5 Å². The van der Waals surface area contributed by atoms with Crippen molar-refractivity contribution in [2.24, 2.45) is 0 Å². The van der Waals surface area contributed by atoms with Crippen molar-refractivity contribution in [1.82, 2.24) is 0 Å². The lowest BCUT2D eigenvalue weighted by Gasteiger charge is -2.25. The first-order valence-corrected chi connectivity index (χ1v) is 17.6.